The number of amides is 2. The molecule has 0 radical (unpaired) electrons. The summed E-state index contributed by atoms with van der Waals surface area (Å²) in [6.45, 7) is 1.77. The molecule has 0 spiro atoms. The predicted molar refractivity (Wildman–Crippen MR) is 102 cm³/mol. The fourth-order valence-corrected chi connectivity index (χ4v) is 2.83. The number of methoxy groups -OCH3 is 2. The Labute approximate surface area is 162 Å². The van der Waals surface area contributed by atoms with Gasteiger partial charge in [0, 0.05) is 25.2 Å². The molecule has 8 nitrogen and oxygen atoms in total. The molecule has 0 saturated carbocycles. The van der Waals surface area contributed by atoms with Gasteiger partial charge in [0.1, 0.15) is 6.54 Å². The molecule has 0 fully saturated rings. The summed E-state index contributed by atoms with van der Waals surface area (Å²) < 4.78 is 21.1. The third kappa shape index (κ3) is 4.46. The summed E-state index contributed by atoms with van der Waals surface area (Å²) in [5.41, 5.74) is 1.40. The number of fused-ring (bicyclic) bond motifs is 1. The Hall–Kier alpha value is -3.42. The lowest BCUT2D eigenvalue weighted by molar-refractivity contribution is -0.133. The third-order valence-electron chi connectivity index (χ3n) is 4.26. The van der Waals surface area contributed by atoms with E-state index in [0.29, 0.717) is 28.7 Å². The van der Waals surface area contributed by atoms with Crippen LogP contribution in [0.15, 0.2) is 36.4 Å². The van der Waals surface area contributed by atoms with Crippen molar-refractivity contribution in [3.8, 4) is 23.0 Å². The van der Waals surface area contributed by atoms with Gasteiger partial charge >= 0.3 is 0 Å². The summed E-state index contributed by atoms with van der Waals surface area (Å²) in [4.78, 5) is 25.9. The smallest absolute Gasteiger partial charge is 0.244 e. The number of benzene rings is 2. The second kappa shape index (κ2) is 8.51. The van der Waals surface area contributed by atoms with Gasteiger partial charge in [0.15, 0.2) is 23.0 Å². The summed E-state index contributed by atoms with van der Waals surface area (Å²) in [6.07, 6.45) is 0. The lowest BCUT2D eigenvalue weighted by Crippen LogP contribution is -2.36. The molecule has 2 amide bonds. The topological polar surface area (TPSA) is 86.3 Å². The molecule has 0 unspecified atom stereocenters. The van der Waals surface area contributed by atoms with Crippen molar-refractivity contribution in [3.05, 3.63) is 42.0 Å². The zero-order valence-electron chi connectivity index (χ0n) is 16.0. The van der Waals surface area contributed by atoms with Crippen LogP contribution in [0.1, 0.15) is 12.5 Å². The highest BCUT2D eigenvalue weighted by Gasteiger charge is 2.17. The minimum atomic E-state index is -0.311. The molecule has 8 heteroatoms. The van der Waals surface area contributed by atoms with E-state index in [9.17, 15) is 9.59 Å². The quantitative estimate of drug-likeness (QED) is 0.787. The molecule has 148 valence electrons. The maximum atomic E-state index is 12.4. The van der Waals surface area contributed by atoms with E-state index in [1.54, 1.807) is 44.6 Å². The van der Waals surface area contributed by atoms with Crippen LogP contribution >= 0.6 is 0 Å². The normalized spacial score (nSPS) is 11.7. The highest BCUT2D eigenvalue weighted by molar-refractivity contribution is 5.94. The Morgan fingerprint density at radius 1 is 1.04 bits per heavy atom. The lowest BCUT2D eigenvalue weighted by Gasteiger charge is -2.21. The number of carbonyl (C=O) groups excluding carboxylic acids is 2. The van der Waals surface area contributed by atoms with Gasteiger partial charge in [0.25, 0.3) is 0 Å². The van der Waals surface area contributed by atoms with Gasteiger partial charge in [0.05, 0.1) is 14.2 Å². The van der Waals surface area contributed by atoms with Gasteiger partial charge in [-0.1, -0.05) is 6.07 Å². The van der Waals surface area contributed by atoms with Gasteiger partial charge in [-0.05, 0) is 29.8 Å². The zero-order valence-corrected chi connectivity index (χ0v) is 16.0. The largest absolute Gasteiger partial charge is 0.493 e. The second-order valence-corrected chi connectivity index (χ2v) is 6.18. The fourth-order valence-electron chi connectivity index (χ4n) is 2.83. The Morgan fingerprint density at radius 3 is 2.50 bits per heavy atom. The molecule has 1 aliphatic rings. The van der Waals surface area contributed by atoms with Crippen LogP contribution in [0.5, 0.6) is 23.0 Å². The van der Waals surface area contributed by atoms with Crippen molar-refractivity contribution in [3.63, 3.8) is 0 Å². The summed E-state index contributed by atoms with van der Waals surface area (Å²) >= 11 is 0. The lowest BCUT2D eigenvalue weighted by atomic mass is 10.2. The van der Waals surface area contributed by atoms with Gasteiger partial charge in [-0.3, -0.25) is 9.59 Å². The minimum Gasteiger partial charge on any atom is -0.493 e. The molecule has 28 heavy (non-hydrogen) atoms. The molecule has 2 aromatic carbocycles. The van der Waals surface area contributed by atoms with E-state index >= 15 is 0 Å². The molecule has 1 aliphatic heterocycles. The first-order chi connectivity index (χ1) is 13.5. The number of carbonyl (C=O) groups is 2. The number of hydrogen-bond donors (Lipinski definition) is 1. The van der Waals surface area contributed by atoms with Crippen molar-refractivity contribution in [1.82, 2.24) is 4.90 Å². The third-order valence-corrected chi connectivity index (χ3v) is 4.26. The van der Waals surface area contributed by atoms with Crippen LogP contribution < -0.4 is 24.3 Å². The first-order valence-corrected chi connectivity index (χ1v) is 8.66. The summed E-state index contributed by atoms with van der Waals surface area (Å²) in [6, 6.07) is 10.5. The number of hydrogen-bond acceptors (Lipinski definition) is 6. The zero-order chi connectivity index (χ0) is 20.1. The summed E-state index contributed by atoms with van der Waals surface area (Å²) in [5, 5.41) is 2.77. The molecule has 1 N–H and O–H groups in total. The SMILES string of the molecule is COc1ccc(CN(CC(=O)Nc2ccc3c(c2)OCO3)C(C)=O)cc1OC. The van der Waals surface area contributed by atoms with Gasteiger partial charge in [-0.15, -0.1) is 0 Å². The Balaban J connectivity index is 1.66. The molecule has 2 aromatic rings. The summed E-state index contributed by atoms with van der Waals surface area (Å²) in [7, 11) is 3.10. The number of rotatable bonds is 7. The van der Waals surface area contributed by atoms with Crippen LogP contribution in [0.25, 0.3) is 0 Å². The van der Waals surface area contributed by atoms with E-state index in [2.05, 4.69) is 5.32 Å². The molecule has 0 aliphatic carbocycles. The van der Waals surface area contributed by atoms with Crippen LogP contribution in [0.2, 0.25) is 0 Å². The number of nitrogens with zero attached hydrogens (tertiary/aromatic N) is 1. The highest BCUT2D eigenvalue weighted by atomic mass is 16.7. The monoisotopic (exact) mass is 386 g/mol. The van der Waals surface area contributed by atoms with E-state index in [4.69, 9.17) is 18.9 Å². The molecule has 3 rings (SSSR count). The van der Waals surface area contributed by atoms with Gasteiger partial charge in [-0.25, -0.2) is 0 Å². The van der Waals surface area contributed by atoms with Gasteiger partial charge in [0.2, 0.25) is 18.6 Å². The van der Waals surface area contributed by atoms with Crippen LogP contribution in [-0.4, -0.2) is 44.3 Å². The Kier molecular flexibility index (Phi) is 5.88. The van der Waals surface area contributed by atoms with Gasteiger partial charge < -0.3 is 29.2 Å². The molecular formula is C20H22N2O6. The van der Waals surface area contributed by atoms with Crippen LogP contribution in [0.3, 0.4) is 0 Å². The van der Waals surface area contributed by atoms with E-state index in [1.165, 1.54) is 11.8 Å². The van der Waals surface area contributed by atoms with Gasteiger partial charge in [-0.2, -0.15) is 0 Å². The molecule has 0 saturated heterocycles. The summed E-state index contributed by atoms with van der Waals surface area (Å²) in [5.74, 6) is 1.85. The van der Waals surface area contributed by atoms with Crippen molar-refractivity contribution in [2.45, 2.75) is 13.5 Å². The van der Waals surface area contributed by atoms with Crippen LogP contribution in [0.4, 0.5) is 5.69 Å². The van der Waals surface area contributed by atoms with Crippen molar-refractivity contribution in [2.24, 2.45) is 0 Å². The maximum Gasteiger partial charge on any atom is 0.244 e. The molecule has 0 bridgehead atoms. The van der Waals surface area contributed by atoms with Crippen molar-refractivity contribution in [1.29, 1.82) is 0 Å². The number of anilines is 1. The van der Waals surface area contributed by atoms with E-state index in [-0.39, 0.29) is 31.7 Å². The van der Waals surface area contributed by atoms with E-state index < -0.39 is 0 Å². The Morgan fingerprint density at radius 2 is 1.79 bits per heavy atom. The van der Waals surface area contributed by atoms with E-state index in [0.717, 1.165) is 5.56 Å². The average molecular weight is 386 g/mol. The molecular weight excluding hydrogens is 364 g/mol. The predicted octanol–water partition coefficient (Wildman–Crippen LogP) is 2.42. The fraction of sp³-hybridized carbons (Fsp3) is 0.300. The van der Waals surface area contributed by atoms with Crippen LogP contribution in [-0.2, 0) is 16.1 Å². The first-order valence-electron chi connectivity index (χ1n) is 8.66. The Bertz CT molecular complexity index is 883. The first kappa shape index (κ1) is 19.3. The second-order valence-electron chi connectivity index (χ2n) is 6.18. The van der Waals surface area contributed by atoms with Crippen LogP contribution in [0, 0.1) is 0 Å². The standard InChI is InChI=1S/C20H22N2O6/c1-13(23)22(10-14-4-6-16(25-2)18(8-14)26-3)11-20(24)21-15-5-7-17-19(9-15)28-12-27-17/h4-9H,10-12H2,1-3H3,(H,21,24). The number of nitrogens with one attached hydrogen (secondary N) is 1. The maximum absolute atomic E-state index is 12.4. The van der Waals surface area contributed by atoms with E-state index in [1.807, 2.05) is 6.07 Å². The van der Waals surface area contributed by atoms with Crippen molar-refractivity contribution >= 4 is 17.5 Å². The molecule has 0 aromatic heterocycles. The highest BCUT2D eigenvalue weighted by Crippen LogP contribution is 2.34. The number of ether oxygens (including phenoxy) is 4. The average Bonchev–Trinajstić information content (AvgIpc) is 3.15. The van der Waals surface area contributed by atoms with Crippen molar-refractivity contribution < 1.29 is 28.5 Å². The molecule has 0 atom stereocenters. The molecule has 1 heterocycles. The minimum absolute atomic E-state index is 0.0852. The van der Waals surface area contributed by atoms with Crippen molar-refractivity contribution in [2.75, 3.05) is 32.9 Å².